The number of rotatable bonds is 16. The third-order valence-electron chi connectivity index (χ3n) is 7.97. The predicted octanol–water partition coefficient (Wildman–Crippen LogP) is 0.991. The highest BCUT2D eigenvalue weighted by Gasteiger charge is 2.47. The molecule has 0 radical (unpaired) electrons. The van der Waals surface area contributed by atoms with E-state index in [2.05, 4.69) is 36.5 Å². The second kappa shape index (κ2) is 15.0. The largest absolute Gasteiger partial charge is 0.404 e. The van der Waals surface area contributed by atoms with Crippen LogP contribution in [-0.4, -0.2) is 77.7 Å². The number of carbonyl (C=O) groups is 2. The zero-order valence-electron chi connectivity index (χ0n) is 25.3. The van der Waals surface area contributed by atoms with Crippen molar-refractivity contribution in [1.29, 1.82) is 0 Å². The number of amides is 1. The average molecular weight is 656 g/mol. The van der Waals surface area contributed by atoms with Gasteiger partial charge in [0.1, 0.15) is 29.7 Å². The van der Waals surface area contributed by atoms with Crippen molar-refractivity contribution in [3.05, 3.63) is 46.7 Å². The highest BCUT2D eigenvalue weighted by Crippen LogP contribution is 2.41. The molecule has 1 fully saturated rings. The molecule has 4 heterocycles. The van der Waals surface area contributed by atoms with Gasteiger partial charge < -0.3 is 37.1 Å². The quantitative estimate of drug-likeness (QED) is 0.0462. The number of allylic oxidation sites excluding steroid dienone is 1. The standard InChI is InChI=1S/C28H37N11O8/c29-12-15(6-3-5-10-31-16-8-9-17(39(44)45)20-19(16)36-47-37-20)18(40)7-2-1-4-11-32-27(43)24-22(41)23(42)28(46-24)38-14-35-21-25(30)33-13-34-26(21)38/h8-9,12-14,22-24,28,31,36-37,41-42H,1-7,10-11,29H2,(H,32,43)(H2,30,33,34)/t22-,23+,24-,28+/m0/s1. The number of aliphatic hydroxyl groups excluding tert-OH is 2. The third-order valence-corrected chi connectivity index (χ3v) is 7.97. The summed E-state index contributed by atoms with van der Waals surface area (Å²) in [6.45, 7) is 0.858. The van der Waals surface area contributed by atoms with Gasteiger partial charge in [0.25, 0.3) is 11.6 Å². The number of Topliss-reactive ketones (excluding diaryl/α,β-unsaturated/α-hetero) is 1. The number of hydrogen-bond acceptors (Lipinski definition) is 16. The van der Waals surface area contributed by atoms with E-state index in [1.54, 1.807) is 6.07 Å². The molecule has 252 valence electrons. The van der Waals surface area contributed by atoms with Crippen molar-refractivity contribution in [2.75, 3.05) is 35.1 Å². The van der Waals surface area contributed by atoms with Gasteiger partial charge >= 0.3 is 0 Å². The molecule has 2 aliphatic rings. The highest BCUT2D eigenvalue weighted by atomic mass is 16.8. The van der Waals surface area contributed by atoms with Crippen LogP contribution in [0.2, 0.25) is 0 Å². The molecule has 0 unspecified atom stereocenters. The van der Waals surface area contributed by atoms with Gasteiger partial charge in [-0.2, -0.15) is 4.94 Å². The Morgan fingerprint density at radius 2 is 1.81 bits per heavy atom. The van der Waals surface area contributed by atoms with E-state index in [1.807, 2.05) is 0 Å². The second-order valence-electron chi connectivity index (χ2n) is 11.1. The van der Waals surface area contributed by atoms with Gasteiger partial charge in [-0.3, -0.25) is 24.3 Å². The lowest BCUT2D eigenvalue weighted by Gasteiger charge is -2.16. The molecule has 3 aromatic rings. The molecular weight excluding hydrogens is 618 g/mol. The van der Waals surface area contributed by atoms with Crippen molar-refractivity contribution in [3.63, 3.8) is 0 Å². The Bertz CT molecular complexity index is 1650. The minimum absolute atomic E-state index is 0.0355. The van der Waals surface area contributed by atoms with E-state index < -0.39 is 35.4 Å². The number of nitrogens with one attached hydrogen (secondary N) is 4. The van der Waals surface area contributed by atoms with Gasteiger partial charge in [-0.15, -0.1) is 0 Å². The topological polar surface area (TPSA) is 280 Å². The Hall–Kier alpha value is -5.11. The van der Waals surface area contributed by atoms with E-state index in [9.17, 15) is 29.9 Å². The van der Waals surface area contributed by atoms with Gasteiger partial charge in [-0.25, -0.2) is 25.9 Å². The van der Waals surface area contributed by atoms with E-state index in [0.717, 1.165) is 6.42 Å². The first-order valence-electron chi connectivity index (χ1n) is 15.1. The number of ether oxygens (including phenoxy) is 1. The number of unbranched alkanes of at least 4 members (excludes halogenated alkanes) is 3. The lowest BCUT2D eigenvalue weighted by atomic mass is 10.0. The molecule has 4 atom stereocenters. The number of fused-ring (bicyclic) bond motifs is 2. The van der Waals surface area contributed by atoms with Gasteiger partial charge in [0.15, 0.2) is 35.3 Å². The molecule has 2 aromatic heterocycles. The Balaban J connectivity index is 0.968. The van der Waals surface area contributed by atoms with E-state index >= 15 is 0 Å². The molecule has 1 aromatic carbocycles. The molecule has 0 spiro atoms. The number of nitro groups is 1. The lowest BCUT2D eigenvalue weighted by Crippen LogP contribution is -2.43. The van der Waals surface area contributed by atoms with Crippen molar-refractivity contribution in [2.45, 2.75) is 69.5 Å². The molecule has 1 saturated heterocycles. The number of aromatic nitrogens is 4. The first-order valence-corrected chi connectivity index (χ1v) is 15.1. The van der Waals surface area contributed by atoms with Gasteiger partial charge in [0, 0.05) is 37.3 Å². The van der Waals surface area contributed by atoms with Crippen LogP contribution >= 0.6 is 0 Å². The minimum Gasteiger partial charge on any atom is -0.404 e. The normalized spacial score (nSPS) is 20.4. The molecule has 0 aliphatic carbocycles. The first-order chi connectivity index (χ1) is 22.7. The van der Waals surface area contributed by atoms with Gasteiger partial charge in [-0.1, -0.05) is 6.42 Å². The Morgan fingerprint density at radius 1 is 1.04 bits per heavy atom. The van der Waals surface area contributed by atoms with Crippen LogP contribution in [0.1, 0.15) is 51.2 Å². The maximum Gasteiger partial charge on any atom is 0.297 e. The zero-order chi connectivity index (χ0) is 33.5. The maximum absolute atomic E-state index is 12.7. The summed E-state index contributed by atoms with van der Waals surface area (Å²) in [5, 5.41) is 38.2. The van der Waals surface area contributed by atoms with E-state index in [0.29, 0.717) is 79.7 Å². The molecule has 1 amide bonds. The zero-order valence-corrected chi connectivity index (χ0v) is 25.3. The average Bonchev–Trinajstić information content (AvgIpc) is 3.79. The summed E-state index contributed by atoms with van der Waals surface area (Å²) in [7, 11) is 0. The molecule has 10 N–H and O–H groups in total. The molecule has 19 heteroatoms. The number of anilines is 4. The Kier molecular flexibility index (Phi) is 10.6. The molecule has 2 aliphatic heterocycles. The van der Waals surface area contributed by atoms with Crippen LogP contribution in [0.4, 0.5) is 28.6 Å². The number of nitrogen functional groups attached to an aromatic ring is 1. The molecular formula is C28H37N11O8. The molecule has 47 heavy (non-hydrogen) atoms. The first kappa shape index (κ1) is 33.3. The third kappa shape index (κ3) is 7.32. The number of ketones is 1. The van der Waals surface area contributed by atoms with Gasteiger partial charge in [0.05, 0.1) is 16.9 Å². The predicted molar refractivity (Wildman–Crippen MR) is 168 cm³/mol. The van der Waals surface area contributed by atoms with Crippen LogP contribution in [0.25, 0.3) is 11.2 Å². The summed E-state index contributed by atoms with van der Waals surface area (Å²) in [5.41, 5.74) is 19.0. The van der Waals surface area contributed by atoms with Crippen LogP contribution in [0.5, 0.6) is 0 Å². The SMILES string of the molecule is NC=C(CCCCNc1ccc([N+](=O)[O-])c2c1NON2)C(=O)CCCCCNC(=O)[C@H]1O[C@@H](n2cnc3c(N)ncnc32)[C@H](O)[C@@H]1O. The molecule has 0 bridgehead atoms. The van der Waals surface area contributed by atoms with Crippen molar-refractivity contribution in [2.24, 2.45) is 5.73 Å². The van der Waals surface area contributed by atoms with Gasteiger partial charge in [-0.05, 0) is 38.2 Å². The lowest BCUT2D eigenvalue weighted by molar-refractivity contribution is -0.384. The van der Waals surface area contributed by atoms with Crippen molar-refractivity contribution in [1.82, 2.24) is 24.8 Å². The Labute approximate surface area is 267 Å². The van der Waals surface area contributed by atoms with Crippen molar-refractivity contribution in [3.8, 4) is 0 Å². The number of nitrogens with two attached hydrogens (primary N) is 2. The number of aliphatic hydroxyl groups is 2. The number of imidazole rings is 1. The fourth-order valence-corrected chi connectivity index (χ4v) is 5.43. The monoisotopic (exact) mass is 655 g/mol. The minimum atomic E-state index is -1.47. The van der Waals surface area contributed by atoms with E-state index in [-0.39, 0.29) is 23.0 Å². The fourth-order valence-electron chi connectivity index (χ4n) is 5.43. The van der Waals surface area contributed by atoms with Crippen LogP contribution in [0, 0.1) is 10.1 Å². The molecule has 0 saturated carbocycles. The summed E-state index contributed by atoms with van der Waals surface area (Å²) in [6.07, 6.45) is 2.75. The number of nitro benzene ring substituents is 1. The number of benzene rings is 1. The van der Waals surface area contributed by atoms with Crippen LogP contribution in [0.3, 0.4) is 0 Å². The number of hydrogen-bond donors (Lipinski definition) is 8. The maximum atomic E-state index is 12.7. The van der Waals surface area contributed by atoms with Crippen molar-refractivity contribution >= 4 is 51.4 Å². The Morgan fingerprint density at radius 3 is 2.60 bits per heavy atom. The molecule has 5 rings (SSSR count). The van der Waals surface area contributed by atoms with E-state index in [4.69, 9.17) is 21.1 Å². The highest BCUT2D eigenvalue weighted by molar-refractivity contribution is 5.95. The van der Waals surface area contributed by atoms with Crippen LogP contribution in [-0.2, 0) is 19.3 Å². The summed E-state index contributed by atoms with van der Waals surface area (Å²) in [4.78, 5) is 53.1. The van der Waals surface area contributed by atoms with E-state index in [1.165, 1.54) is 29.5 Å². The number of carbonyl (C=O) groups excluding carboxylic acids is 2. The second-order valence-corrected chi connectivity index (χ2v) is 11.1. The van der Waals surface area contributed by atoms with Crippen LogP contribution < -0.4 is 33.1 Å². The van der Waals surface area contributed by atoms with Crippen LogP contribution in [0.15, 0.2) is 36.6 Å². The smallest absolute Gasteiger partial charge is 0.297 e. The summed E-state index contributed by atoms with van der Waals surface area (Å²) >= 11 is 0. The van der Waals surface area contributed by atoms with Crippen molar-refractivity contribution < 1.29 is 34.4 Å². The summed E-state index contributed by atoms with van der Waals surface area (Å²) in [5.74, 6) is -0.461. The summed E-state index contributed by atoms with van der Waals surface area (Å²) in [6, 6.07) is 2.99. The fraction of sp³-hybridized carbons (Fsp3) is 0.464. The summed E-state index contributed by atoms with van der Waals surface area (Å²) < 4.78 is 7.09. The molecule has 19 nitrogen and oxygen atoms in total. The van der Waals surface area contributed by atoms with Gasteiger partial charge in [0.2, 0.25) is 0 Å². The number of nitrogens with zero attached hydrogens (tertiary/aromatic N) is 5.